The van der Waals surface area contributed by atoms with Gasteiger partial charge in [0.25, 0.3) is 11.9 Å². The Morgan fingerprint density at radius 2 is 1.93 bits per heavy atom. The number of nitrogens with zero attached hydrogens (tertiary/aromatic N) is 1. The zero-order valence-electron chi connectivity index (χ0n) is 15.9. The van der Waals surface area contributed by atoms with Gasteiger partial charge in [0.2, 0.25) is 5.91 Å². The summed E-state index contributed by atoms with van der Waals surface area (Å²) < 4.78 is 11.2. The Morgan fingerprint density at radius 1 is 1.11 bits per heavy atom. The van der Waals surface area contributed by atoms with Gasteiger partial charge >= 0.3 is 0 Å². The lowest BCUT2D eigenvalue weighted by molar-refractivity contribution is -0.121. The van der Waals surface area contributed by atoms with Crippen molar-refractivity contribution >= 4 is 11.8 Å². The number of carbonyl (C=O) groups excluding carboxylic acids is 2. The van der Waals surface area contributed by atoms with Crippen molar-refractivity contribution in [1.29, 1.82) is 0 Å². The summed E-state index contributed by atoms with van der Waals surface area (Å²) in [5.74, 6) is 1.64. The van der Waals surface area contributed by atoms with Gasteiger partial charge in [-0.2, -0.15) is 0 Å². The largest absolute Gasteiger partial charge is 0.426 e. The van der Waals surface area contributed by atoms with Gasteiger partial charge in [-0.1, -0.05) is 18.2 Å². The number of rotatable bonds is 7. The smallest absolute Gasteiger partial charge is 0.290 e. The quantitative estimate of drug-likeness (QED) is 0.786. The van der Waals surface area contributed by atoms with Gasteiger partial charge in [0.15, 0.2) is 5.76 Å². The highest BCUT2D eigenvalue weighted by Crippen LogP contribution is 2.27. The summed E-state index contributed by atoms with van der Waals surface area (Å²) in [5, 5.41) is 3.03. The molecule has 1 aromatic carbocycles. The molecule has 4 rings (SSSR count). The predicted molar refractivity (Wildman–Crippen MR) is 104 cm³/mol. The number of para-hydroxylation sites is 1. The van der Waals surface area contributed by atoms with Gasteiger partial charge in [-0.25, -0.2) is 0 Å². The van der Waals surface area contributed by atoms with Crippen LogP contribution in [0.1, 0.15) is 49.1 Å². The van der Waals surface area contributed by atoms with Gasteiger partial charge in [-0.15, -0.1) is 0 Å². The van der Waals surface area contributed by atoms with Gasteiger partial charge in [0.05, 0.1) is 0 Å². The molecule has 2 fully saturated rings. The Labute approximate surface area is 164 Å². The maximum absolute atomic E-state index is 12.8. The molecular weight excluding hydrogens is 356 g/mol. The standard InChI is InChI=1S/C22H26N2O4/c25-20(23-17-9-10-17)12-8-16-5-4-14-24(15-16)22(26)19-11-13-21(28-19)27-18-6-2-1-3-7-18/h1-3,6-7,11,13,16-17H,4-5,8-10,12,14-15H2,(H,23,25). The van der Waals surface area contributed by atoms with Crippen molar-refractivity contribution in [3.05, 3.63) is 48.2 Å². The monoisotopic (exact) mass is 382 g/mol. The summed E-state index contributed by atoms with van der Waals surface area (Å²) >= 11 is 0. The molecule has 2 aromatic rings. The molecule has 0 bridgehead atoms. The lowest BCUT2D eigenvalue weighted by atomic mass is 9.93. The summed E-state index contributed by atoms with van der Waals surface area (Å²) in [7, 11) is 0. The third-order valence-corrected chi connectivity index (χ3v) is 5.28. The zero-order valence-corrected chi connectivity index (χ0v) is 15.9. The van der Waals surface area contributed by atoms with Crippen LogP contribution < -0.4 is 10.1 Å². The summed E-state index contributed by atoms with van der Waals surface area (Å²) in [4.78, 5) is 26.5. The number of likely N-dealkylation sites (tertiary alicyclic amines) is 1. The Morgan fingerprint density at radius 3 is 2.71 bits per heavy atom. The van der Waals surface area contributed by atoms with Gasteiger partial charge < -0.3 is 19.4 Å². The summed E-state index contributed by atoms with van der Waals surface area (Å²) in [6.07, 6.45) is 5.59. The van der Waals surface area contributed by atoms with Crippen LogP contribution in [0.4, 0.5) is 0 Å². The minimum atomic E-state index is -0.116. The second-order valence-electron chi connectivity index (χ2n) is 7.67. The molecule has 1 saturated heterocycles. The number of carbonyl (C=O) groups is 2. The second-order valence-corrected chi connectivity index (χ2v) is 7.67. The fourth-order valence-electron chi connectivity index (χ4n) is 3.60. The molecular formula is C22H26N2O4. The number of amides is 2. The molecule has 1 atom stereocenters. The Balaban J connectivity index is 1.29. The van der Waals surface area contributed by atoms with Gasteiger partial charge in [-0.05, 0) is 56.2 Å². The SMILES string of the molecule is O=C(CCC1CCCN(C(=O)c2ccc(Oc3ccccc3)o2)C1)NC1CC1. The van der Waals surface area contributed by atoms with E-state index >= 15 is 0 Å². The highest BCUT2D eigenvalue weighted by atomic mass is 16.6. The molecule has 0 spiro atoms. The zero-order chi connectivity index (χ0) is 19.3. The molecule has 2 heterocycles. The lowest BCUT2D eigenvalue weighted by Gasteiger charge is -2.32. The molecule has 1 aromatic heterocycles. The number of piperidine rings is 1. The molecule has 1 aliphatic heterocycles. The van der Waals surface area contributed by atoms with Gasteiger partial charge in [0, 0.05) is 31.6 Å². The number of hydrogen-bond donors (Lipinski definition) is 1. The first kappa shape index (κ1) is 18.6. The lowest BCUT2D eigenvalue weighted by Crippen LogP contribution is -2.40. The van der Waals surface area contributed by atoms with E-state index in [1.54, 1.807) is 12.1 Å². The third-order valence-electron chi connectivity index (χ3n) is 5.28. The molecule has 1 N–H and O–H groups in total. The number of ether oxygens (including phenoxy) is 1. The molecule has 148 valence electrons. The fourth-order valence-corrected chi connectivity index (χ4v) is 3.60. The molecule has 1 aliphatic carbocycles. The molecule has 1 saturated carbocycles. The van der Waals surface area contributed by atoms with Gasteiger partial charge in [-0.3, -0.25) is 9.59 Å². The number of benzene rings is 1. The van der Waals surface area contributed by atoms with Crippen LogP contribution in [0.15, 0.2) is 46.9 Å². The molecule has 6 nitrogen and oxygen atoms in total. The minimum Gasteiger partial charge on any atom is -0.426 e. The van der Waals surface area contributed by atoms with Crippen LogP contribution in [0.2, 0.25) is 0 Å². The average Bonchev–Trinajstić information content (AvgIpc) is 3.41. The van der Waals surface area contributed by atoms with Crippen molar-refractivity contribution in [3.8, 4) is 11.7 Å². The molecule has 2 amide bonds. The van der Waals surface area contributed by atoms with Crippen molar-refractivity contribution in [2.24, 2.45) is 5.92 Å². The van der Waals surface area contributed by atoms with E-state index in [0.717, 1.165) is 38.6 Å². The maximum Gasteiger partial charge on any atom is 0.290 e. The third kappa shape index (κ3) is 4.94. The summed E-state index contributed by atoms with van der Waals surface area (Å²) in [6.45, 7) is 1.39. The summed E-state index contributed by atoms with van der Waals surface area (Å²) in [5.41, 5.74) is 0. The van der Waals surface area contributed by atoms with Crippen LogP contribution in [-0.2, 0) is 4.79 Å². The fraction of sp³-hybridized carbons (Fsp3) is 0.455. The molecule has 2 aliphatic rings. The van der Waals surface area contributed by atoms with Crippen molar-refractivity contribution < 1.29 is 18.7 Å². The van der Waals surface area contributed by atoms with E-state index in [1.165, 1.54) is 0 Å². The van der Waals surface area contributed by atoms with Crippen LogP contribution in [0.3, 0.4) is 0 Å². The van der Waals surface area contributed by atoms with Gasteiger partial charge in [0.1, 0.15) is 5.75 Å². The van der Waals surface area contributed by atoms with Crippen molar-refractivity contribution in [3.63, 3.8) is 0 Å². The Bertz CT molecular complexity index is 813. The average molecular weight is 382 g/mol. The maximum atomic E-state index is 12.8. The van der Waals surface area contributed by atoms with Crippen molar-refractivity contribution in [2.75, 3.05) is 13.1 Å². The number of nitrogens with one attached hydrogen (secondary N) is 1. The minimum absolute atomic E-state index is 0.116. The van der Waals surface area contributed by atoms with Crippen LogP contribution >= 0.6 is 0 Å². The molecule has 1 unspecified atom stereocenters. The van der Waals surface area contributed by atoms with E-state index in [-0.39, 0.29) is 17.6 Å². The molecule has 28 heavy (non-hydrogen) atoms. The summed E-state index contributed by atoms with van der Waals surface area (Å²) in [6, 6.07) is 13.1. The van der Waals surface area contributed by atoms with E-state index in [2.05, 4.69) is 5.32 Å². The normalized spacial score (nSPS) is 19.3. The molecule has 6 heteroatoms. The van der Waals surface area contributed by atoms with E-state index in [4.69, 9.17) is 9.15 Å². The first-order valence-corrected chi connectivity index (χ1v) is 10.1. The van der Waals surface area contributed by atoms with E-state index in [0.29, 0.717) is 36.6 Å². The van der Waals surface area contributed by atoms with E-state index in [1.807, 2.05) is 35.2 Å². The number of hydrogen-bond acceptors (Lipinski definition) is 4. The topological polar surface area (TPSA) is 71.8 Å². The van der Waals surface area contributed by atoms with Crippen LogP contribution in [-0.4, -0.2) is 35.8 Å². The second kappa shape index (κ2) is 8.50. The van der Waals surface area contributed by atoms with Crippen molar-refractivity contribution in [1.82, 2.24) is 10.2 Å². The van der Waals surface area contributed by atoms with E-state index < -0.39 is 0 Å². The van der Waals surface area contributed by atoms with E-state index in [9.17, 15) is 9.59 Å². The molecule has 0 radical (unpaired) electrons. The highest BCUT2D eigenvalue weighted by Gasteiger charge is 2.28. The first-order chi connectivity index (χ1) is 13.7. The predicted octanol–water partition coefficient (Wildman–Crippen LogP) is 3.98. The Kier molecular flexibility index (Phi) is 5.65. The van der Waals surface area contributed by atoms with Crippen LogP contribution in [0, 0.1) is 5.92 Å². The van der Waals surface area contributed by atoms with Crippen LogP contribution in [0.5, 0.6) is 11.7 Å². The Hall–Kier alpha value is -2.76. The first-order valence-electron chi connectivity index (χ1n) is 10.1. The number of furan rings is 1. The van der Waals surface area contributed by atoms with Crippen LogP contribution in [0.25, 0.3) is 0 Å². The van der Waals surface area contributed by atoms with Crippen molar-refractivity contribution in [2.45, 2.75) is 44.6 Å². The highest BCUT2D eigenvalue weighted by molar-refractivity contribution is 5.91.